The van der Waals surface area contributed by atoms with Gasteiger partial charge in [-0.25, -0.2) is 4.39 Å². The molecule has 2 aromatic carbocycles. The number of halogens is 1. The standard InChI is InChI=1S/C20H22FN3O3S/c1-3-24(20(27)13-28-18-7-5-4-6-17(18)21)12-19(26)23-16-10-8-15(9-11-16)22-14(2)25/h4-11H,3,12-13H2,1-2H3,(H,22,25)(H,23,26). The summed E-state index contributed by atoms with van der Waals surface area (Å²) in [7, 11) is 0. The lowest BCUT2D eigenvalue weighted by Gasteiger charge is -2.20. The minimum Gasteiger partial charge on any atom is -0.333 e. The highest BCUT2D eigenvalue weighted by atomic mass is 32.2. The van der Waals surface area contributed by atoms with E-state index >= 15 is 0 Å². The molecular weight excluding hydrogens is 381 g/mol. The predicted molar refractivity (Wildman–Crippen MR) is 109 cm³/mol. The highest BCUT2D eigenvalue weighted by molar-refractivity contribution is 8.00. The lowest BCUT2D eigenvalue weighted by atomic mass is 10.2. The number of nitrogens with zero attached hydrogens (tertiary/aromatic N) is 1. The molecule has 0 aliphatic carbocycles. The van der Waals surface area contributed by atoms with Gasteiger partial charge in [-0.3, -0.25) is 14.4 Å². The number of hydrogen-bond acceptors (Lipinski definition) is 4. The van der Waals surface area contributed by atoms with E-state index in [9.17, 15) is 18.8 Å². The molecular formula is C20H22FN3O3S. The summed E-state index contributed by atoms with van der Waals surface area (Å²) in [5, 5.41) is 5.35. The van der Waals surface area contributed by atoms with Crippen molar-refractivity contribution in [1.82, 2.24) is 4.90 Å². The summed E-state index contributed by atoms with van der Waals surface area (Å²) in [5.74, 6) is -1.08. The first-order valence-electron chi connectivity index (χ1n) is 8.71. The summed E-state index contributed by atoms with van der Waals surface area (Å²) >= 11 is 1.10. The quantitative estimate of drug-likeness (QED) is 0.663. The number of rotatable bonds is 8. The van der Waals surface area contributed by atoms with Crippen molar-refractivity contribution in [2.24, 2.45) is 0 Å². The highest BCUT2D eigenvalue weighted by Crippen LogP contribution is 2.21. The average molecular weight is 403 g/mol. The van der Waals surface area contributed by atoms with Gasteiger partial charge in [0, 0.05) is 29.7 Å². The van der Waals surface area contributed by atoms with Crippen LogP contribution in [-0.4, -0.2) is 41.5 Å². The van der Waals surface area contributed by atoms with E-state index < -0.39 is 0 Å². The minimum absolute atomic E-state index is 0.0491. The van der Waals surface area contributed by atoms with Crippen molar-refractivity contribution in [3.63, 3.8) is 0 Å². The molecule has 0 bridgehead atoms. The molecule has 0 saturated carbocycles. The molecule has 0 aromatic heterocycles. The van der Waals surface area contributed by atoms with E-state index in [2.05, 4.69) is 10.6 Å². The molecule has 28 heavy (non-hydrogen) atoms. The van der Waals surface area contributed by atoms with Crippen LogP contribution < -0.4 is 10.6 Å². The van der Waals surface area contributed by atoms with Gasteiger partial charge in [-0.15, -0.1) is 11.8 Å². The fraction of sp³-hybridized carbons (Fsp3) is 0.250. The molecule has 0 radical (unpaired) electrons. The van der Waals surface area contributed by atoms with Crippen molar-refractivity contribution < 1.29 is 18.8 Å². The number of carbonyl (C=O) groups is 3. The average Bonchev–Trinajstić information content (AvgIpc) is 2.66. The molecule has 0 heterocycles. The molecule has 0 fully saturated rings. The van der Waals surface area contributed by atoms with Gasteiger partial charge in [0.05, 0.1) is 12.3 Å². The van der Waals surface area contributed by atoms with Crippen LogP contribution in [0.15, 0.2) is 53.4 Å². The summed E-state index contributed by atoms with van der Waals surface area (Å²) in [6.07, 6.45) is 0. The maximum absolute atomic E-state index is 13.6. The molecule has 2 rings (SSSR count). The monoisotopic (exact) mass is 403 g/mol. The topological polar surface area (TPSA) is 78.5 Å². The van der Waals surface area contributed by atoms with Crippen LogP contribution in [0.3, 0.4) is 0 Å². The fourth-order valence-corrected chi connectivity index (χ4v) is 3.23. The number of amides is 3. The Morgan fingerprint density at radius 3 is 2.18 bits per heavy atom. The first kappa shape index (κ1) is 21.4. The van der Waals surface area contributed by atoms with E-state index in [0.29, 0.717) is 22.8 Å². The molecule has 0 atom stereocenters. The molecule has 3 amide bonds. The smallest absolute Gasteiger partial charge is 0.243 e. The Kier molecular flexibility index (Phi) is 8.01. The molecule has 2 aromatic rings. The van der Waals surface area contributed by atoms with Crippen molar-refractivity contribution >= 4 is 40.9 Å². The maximum Gasteiger partial charge on any atom is 0.243 e. The molecule has 2 N–H and O–H groups in total. The summed E-state index contributed by atoms with van der Waals surface area (Å²) in [5.41, 5.74) is 1.18. The van der Waals surface area contributed by atoms with E-state index in [4.69, 9.17) is 0 Å². The third-order valence-electron chi connectivity index (χ3n) is 3.75. The van der Waals surface area contributed by atoms with Crippen molar-refractivity contribution in [3.05, 3.63) is 54.3 Å². The second kappa shape index (κ2) is 10.5. The molecule has 0 saturated heterocycles. The molecule has 0 unspecified atom stereocenters. The zero-order chi connectivity index (χ0) is 20.5. The molecule has 0 spiro atoms. The van der Waals surface area contributed by atoms with Crippen LogP contribution in [0, 0.1) is 5.82 Å². The largest absolute Gasteiger partial charge is 0.333 e. The molecule has 8 heteroatoms. The predicted octanol–water partition coefficient (Wildman–Crippen LogP) is 3.36. The molecule has 0 aliphatic rings. The first-order chi connectivity index (χ1) is 13.4. The van der Waals surface area contributed by atoms with Crippen LogP contribution in [0.5, 0.6) is 0 Å². The van der Waals surface area contributed by atoms with Crippen molar-refractivity contribution in [1.29, 1.82) is 0 Å². The lowest BCUT2D eigenvalue weighted by molar-refractivity contribution is -0.132. The molecule has 0 aliphatic heterocycles. The summed E-state index contributed by atoms with van der Waals surface area (Å²) in [6, 6.07) is 12.9. The van der Waals surface area contributed by atoms with Gasteiger partial charge in [-0.05, 0) is 43.3 Å². The van der Waals surface area contributed by atoms with Gasteiger partial charge in [0.2, 0.25) is 17.7 Å². The number of hydrogen-bond donors (Lipinski definition) is 2. The van der Waals surface area contributed by atoms with Gasteiger partial charge in [0.25, 0.3) is 0 Å². The second-order valence-electron chi connectivity index (χ2n) is 5.93. The van der Waals surface area contributed by atoms with Crippen LogP contribution in [0.2, 0.25) is 0 Å². The third kappa shape index (κ3) is 6.70. The van der Waals surface area contributed by atoms with Gasteiger partial charge in [0.15, 0.2) is 0 Å². The first-order valence-corrected chi connectivity index (χ1v) is 9.70. The Morgan fingerprint density at radius 1 is 1.00 bits per heavy atom. The van der Waals surface area contributed by atoms with Gasteiger partial charge >= 0.3 is 0 Å². The van der Waals surface area contributed by atoms with Gasteiger partial charge < -0.3 is 15.5 Å². The zero-order valence-corrected chi connectivity index (χ0v) is 16.5. The van der Waals surface area contributed by atoms with Crippen LogP contribution in [0.1, 0.15) is 13.8 Å². The summed E-state index contributed by atoms with van der Waals surface area (Å²) < 4.78 is 13.6. The fourth-order valence-electron chi connectivity index (χ4n) is 2.38. The summed E-state index contributed by atoms with van der Waals surface area (Å²) in [4.78, 5) is 37.4. The van der Waals surface area contributed by atoms with Crippen LogP contribution in [0.4, 0.5) is 15.8 Å². The maximum atomic E-state index is 13.6. The van der Waals surface area contributed by atoms with Crippen molar-refractivity contribution in [2.45, 2.75) is 18.7 Å². The van der Waals surface area contributed by atoms with E-state index in [1.807, 2.05) is 0 Å². The SMILES string of the molecule is CCN(CC(=O)Nc1ccc(NC(C)=O)cc1)C(=O)CSc1ccccc1F. The molecule has 6 nitrogen and oxygen atoms in total. The molecule has 148 valence electrons. The lowest BCUT2D eigenvalue weighted by Crippen LogP contribution is -2.38. The normalized spacial score (nSPS) is 10.2. The van der Waals surface area contributed by atoms with E-state index in [0.717, 1.165) is 11.8 Å². The van der Waals surface area contributed by atoms with Gasteiger partial charge in [-0.2, -0.15) is 0 Å². The number of nitrogens with one attached hydrogen (secondary N) is 2. The summed E-state index contributed by atoms with van der Waals surface area (Å²) in [6.45, 7) is 3.46. The number of anilines is 2. The minimum atomic E-state index is -0.371. The Hall–Kier alpha value is -2.87. The van der Waals surface area contributed by atoms with Gasteiger partial charge in [0.1, 0.15) is 5.82 Å². The zero-order valence-electron chi connectivity index (χ0n) is 15.7. The Bertz CT molecular complexity index is 843. The van der Waals surface area contributed by atoms with E-state index in [1.54, 1.807) is 49.4 Å². The Morgan fingerprint density at radius 2 is 1.61 bits per heavy atom. The number of carbonyl (C=O) groups excluding carboxylic acids is 3. The van der Waals surface area contributed by atoms with E-state index in [1.165, 1.54) is 17.9 Å². The van der Waals surface area contributed by atoms with Crippen LogP contribution >= 0.6 is 11.8 Å². The van der Waals surface area contributed by atoms with Crippen LogP contribution in [0.25, 0.3) is 0 Å². The van der Waals surface area contributed by atoms with Gasteiger partial charge in [-0.1, -0.05) is 12.1 Å². The van der Waals surface area contributed by atoms with E-state index in [-0.39, 0.29) is 35.8 Å². The second-order valence-corrected chi connectivity index (χ2v) is 6.95. The number of likely N-dealkylation sites (N-methyl/N-ethyl adjacent to an activating group) is 1. The Balaban J connectivity index is 1.87. The number of thioether (sulfide) groups is 1. The highest BCUT2D eigenvalue weighted by Gasteiger charge is 2.16. The van der Waals surface area contributed by atoms with Crippen molar-refractivity contribution in [3.8, 4) is 0 Å². The third-order valence-corrected chi connectivity index (χ3v) is 4.78. The Labute approximate surface area is 167 Å². The number of benzene rings is 2. The van der Waals surface area contributed by atoms with Crippen molar-refractivity contribution in [2.75, 3.05) is 29.5 Å². The van der Waals surface area contributed by atoms with Crippen LogP contribution in [-0.2, 0) is 14.4 Å².